The van der Waals surface area contributed by atoms with Crippen LogP contribution in [0.25, 0.3) is 0 Å². The first-order chi connectivity index (χ1) is 16.2. The van der Waals surface area contributed by atoms with Crippen LogP contribution in [0.1, 0.15) is 25.5 Å². The summed E-state index contributed by atoms with van der Waals surface area (Å²) in [6.07, 6.45) is 0. The van der Waals surface area contributed by atoms with E-state index in [2.05, 4.69) is 10.6 Å². The van der Waals surface area contributed by atoms with Crippen molar-refractivity contribution in [1.29, 1.82) is 0 Å². The minimum atomic E-state index is -1.19. The maximum Gasteiger partial charge on any atom is 0.352 e. The Morgan fingerprint density at radius 2 is 1.88 bits per heavy atom. The van der Waals surface area contributed by atoms with Crippen LogP contribution >= 0.6 is 11.8 Å². The van der Waals surface area contributed by atoms with Crippen molar-refractivity contribution in [2.24, 2.45) is 0 Å². The molecule has 34 heavy (non-hydrogen) atoms. The van der Waals surface area contributed by atoms with Crippen molar-refractivity contribution in [3.63, 3.8) is 0 Å². The number of thioether (sulfide) groups is 1. The molecule has 4 rings (SSSR count). The standard InChI is InChI=1S/C22H25N5O6S/c1-3-25-9-10-26(22(25)33)21(32)24-14(13-7-5-4-6-8-13)17(28)23-15-18(29)27-16(20(30)31)12(2)11-34-19(15)27/h4-8,14-15,19H,3,9-11H2,1-2H3,(H,23,28)(H,24,32)(H,30,31)/t14?,15?,19-/m0/s1. The molecule has 2 fully saturated rings. The van der Waals surface area contributed by atoms with Crippen LogP contribution in [0.5, 0.6) is 0 Å². The van der Waals surface area contributed by atoms with Crippen molar-refractivity contribution in [3.8, 4) is 0 Å². The average Bonchev–Trinajstić information content (AvgIpc) is 3.21. The molecule has 2 unspecified atom stereocenters. The largest absolute Gasteiger partial charge is 0.477 e. The van der Waals surface area contributed by atoms with Gasteiger partial charge >= 0.3 is 18.0 Å². The van der Waals surface area contributed by atoms with Gasteiger partial charge in [0, 0.05) is 25.4 Å². The fourth-order valence-corrected chi connectivity index (χ4v) is 5.52. The lowest BCUT2D eigenvalue weighted by Crippen LogP contribution is -2.71. The van der Waals surface area contributed by atoms with E-state index in [-0.39, 0.29) is 12.2 Å². The van der Waals surface area contributed by atoms with Gasteiger partial charge in [0.15, 0.2) is 0 Å². The highest BCUT2D eigenvalue weighted by molar-refractivity contribution is 8.00. The van der Waals surface area contributed by atoms with Crippen molar-refractivity contribution in [3.05, 3.63) is 47.2 Å². The maximum absolute atomic E-state index is 13.3. The van der Waals surface area contributed by atoms with Gasteiger partial charge in [-0.25, -0.2) is 19.3 Å². The normalized spacial score (nSPS) is 22.8. The summed E-state index contributed by atoms with van der Waals surface area (Å²) in [6, 6.07) is 5.29. The molecular weight excluding hydrogens is 462 g/mol. The van der Waals surface area contributed by atoms with Gasteiger partial charge in [-0.3, -0.25) is 14.5 Å². The second-order valence-corrected chi connectivity index (χ2v) is 9.24. The molecule has 3 aliphatic heterocycles. The molecule has 3 N–H and O–H groups in total. The van der Waals surface area contributed by atoms with E-state index < -0.39 is 47.3 Å². The number of nitrogens with one attached hydrogen (secondary N) is 2. The number of carbonyl (C=O) groups excluding carboxylic acids is 4. The van der Waals surface area contributed by atoms with Gasteiger partial charge < -0.3 is 20.6 Å². The summed E-state index contributed by atoms with van der Waals surface area (Å²) in [5, 5.41) is 14.2. The first-order valence-corrected chi connectivity index (χ1v) is 11.9. The van der Waals surface area contributed by atoms with Gasteiger partial charge in [-0.05, 0) is 25.0 Å². The van der Waals surface area contributed by atoms with Gasteiger partial charge in [-0.1, -0.05) is 30.3 Å². The number of urea groups is 2. The molecule has 0 aromatic heterocycles. The van der Waals surface area contributed by atoms with E-state index in [4.69, 9.17) is 0 Å². The zero-order chi connectivity index (χ0) is 24.6. The van der Waals surface area contributed by atoms with Crippen molar-refractivity contribution in [1.82, 2.24) is 25.3 Å². The number of imide groups is 1. The molecule has 3 aliphatic rings. The van der Waals surface area contributed by atoms with Gasteiger partial charge in [0.05, 0.1) is 0 Å². The highest BCUT2D eigenvalue weighted by Crippen LogP contribution is 2.40. The average molecular weight is 488 g/mol. The summed E-state index contributed by atoms with van der Waals surface area (Å²) >= 11 is 1.36. The minimum absolute atomic E-state index is 0.0554. The van der Waals surface area contributed by atoms with E-state index in [0.717, 1.165) is 4.90 Å². The third-order valence-corrected chi connectivity index (χ3v) is 7.47. The predicted molar refractivity (Wildman–Crippen MR) is 122 cm³/mol. The first kappa shape index (κ1) is 23.6. The van der Waals surface area contributed by atoms with Crippen LogP contribution in [0, 0.1) is 0 Å². The molecule has 3 atom stereocenters. The van der Waals surface area contributed by atoms with Crippen LogP contribution < -0.4 is 10.6 Å². The van der Waals surface area contributed by atoms with Crippen molar-refractivity contribution in [2.75, 3.05) is 25.4 Å². The molecule has 0 bridgehead atoms. The second kappa shape index (κ2) is 9.37. The lowest BCUT2D eigenvalue weighted by atomic mass is 10.0. The molecule has 1 aromatic rings. The lowest BCUT2D eigenvalue weighted by molar-refractivity contribution is -0.151. The van der Waals surface area contributed by atoms with Gasteiger partial charge in [-0.15, -0.1) is 11.8 Å². The number of likely N-dealkylation sites (N-methyl/N-ethyl adjacent to an activating group) is 1. The van der Waals surface area contributed by atoms with Crippen LogP contribution in [0.15, 0.2) is 41.6 Å². The SMILES string of the molecule is CCN1CCN(C(=O)NC(C(=O)NC2C(=O)N3C(C(=O)O)=C(C)CS[C@@H]23)c2ccccc2)C1=O. The Morgan fingerprint density at radius 1 is 1.18 bits per heavy atom. The number of hydrogen-bond donors (Lipinski definition) is 3. The fraction of sp³-hybridized carbons (Fsp3) is 0.409. The molecule has 11 nitrogen and oxygen atoms in total. The number of amides is 6. The molecular formula is C22H25N5O6S. The number of hydrogen-bond acceptors (Lipinski definition) is 6. The van der Waals surface area contributed by atoms with Crippen LogP contribution in [0.3, 0.4) is 0 Å². The molecule has 3 heterocycles. The van der Waals surface area contributed by atoms with Gasteiger partial charge in [0.25, 0.3) is 5.91 Å². The molecule has 0 spiro atoms. The van der Waals surface area contributed by atoms with Crippen molar-refractivity contribution < 1.29 is 29.1 Å². The fourth-order valence-electron chi connectivity index (χ4n) is 4.22. The third kappa shape index (κ3) is 4.09. The summed E-state index contributed by atoms with van der Waals surface area (Å²) in [6.45, 7) is 4.56. The summed E-state index contributed by atoms with van der Waals surface area (Å²) in [5.74, 6) is -1.91. The Morgan fingerprint density at radius 3 is 2.50 bits per heavy atom. The molecule has 0 radical (unpaired) electrons. The Bertz CT molecular complexity index is 1080. The van der Waals surface area contributed by atoms with Crippen LogP contribution in [0.4, 0.5) is 9.59 Å². The Kier molecular flexibility index (Phi) is 6.51. The Hall–Kier alpha value is -3.54. The molecule has 1 aromatic carbocycles. The number of β-lactam (4-membered cyclic amide) rings is 1. The van der Waals surface area contributed by atoms with Crippen molar-refractivity contribution in [2.45, 2.75) is 31.3 Å². The minimum Gasteiger partial charge on any atom is -0.477 e. The van der Waals surface area contributed by atoms with E-state index in [1.807, 2.05) is 6.92 Å². The maximum atomic E-state index is 13.3. The second-order valence-electron chi connectivity index (χ2n) is 8.14. The van der Waals surface area contributed by atoms with E-state index in [0.29, 0.717) is 30.0 Å². The van der Waals surface area contributed by atoms with Gasteiger partial charge in [0.2, 0.25) is 5.91 Å². The van der Waals surface area contributed by atoms with Gasteiger partial charge in [0.1, 0.15) is 23.2 Å². The Labute approximate surface area is 200 Å². The number of aliphatic carboxylic acids is 1. The van der Waals surface area contributed by atoms with Crippen LogP contribution in [-0.4, -0.2) is 86.5 Å². The van der Waals surface area contributed by atoms with Crippen LogP contribution in [0.2, 0.25) is 0 Å². The summed E-state index contributed by atoms with van der Waals surface area (Å²) < 4.78 is 0. The van der Waals surface area contributed by atoms with E-state index in [9.17, 15) is 29.1 Å². The number of rotatable bonds is 6. The molecule has 12 heteroatoms. The monoisotopic (exact) mass is 487 g/mol. The smallest absolute Gasteiger partial charge is 0.352 e. The highest BCUT2D eigenvalue weighted by Gasteiger charge is 2.54. The number of carbonyl (C=O) groups is 5. The molecule has 0 saturated carbocycles. The first-order valence-electron chi connectivity index (χ1n) is 10.8. The van der Waals surface area contributed by atoms with Crippen molar-refractivity contribution >= 4 is 41.6 Å². The number of carboxylic acids is 1. The number of benzene rings is 1. The summed E-state index contributed by atoms with van der Waals surface area (Å²) in [7, 11) is 0. The van der Waals surface area contributed by atoms with E-state index in [1.165, 1.54) is 21.6 Å². The third-order valence-electron chi connectivity index (χ3n) is 6.04. The van der Waals surface area contributed by atoms with E-state index in [1.54, 1.807) is 37.3 Å². The van der Waals surface area contributed by atoms with Gasteiger partial charge in [-0.2, -0.15) is 0 Å². The zero-order valence-corrected chi connectivity index (χ0v) is 19.5. The van der Waals surface area contributed by atoms with E-state index >= 15 is 0 Å². The molecule has 2 saturated heterocycles. The quantitative estimate of drug-likeness (QED) is 0.508. The Balaban J connectivity index is 1.50. The molecule has 0 aliphatic carbocycles. The lowest BCUT2D eigenvalue weighted by Gasteiger charge is -2.49. The summed E-state index contributed by atoms with van der Waals surface area (Å²) in [4.78, 5) is 66.6. The number of carboxylic acid groups (broad SMARTS) is 1. The number of nitrogens with zero attached hydrogens (tertiary/aromatic N) is 3. The molecule has 180 valence electrons. The highest BCUT2D eigenvalue weighted by atomic mass is 32.2. The van der Waals surface area contributed by atoms with Crippen LogP contribution in [-0.2, 0) is 14.4 Å². The molecule has 6 amide bonds. The topological polar surface area (TPSA) is 139 Å². The zero-order valence-electron chi connectivity index (χ0n) is 18.7. The predicted octanol–water partition coefficient (Wildman–Crippen LogP) is 0.953. The summed E-state index contributed by atoms with van der Waals surface area (Å²) in [5.41, 5.74) is 1.01. The number of fused-ring (bicyclic) bond motifs is 1.